The molecule has 29 heavy (non-hydrogen) atoms. The maximum atomic E-state index is 13.0. The van der Waals surface area contributed by atoms with Crippen molar-refractivity contribution in [2.45, 2.75) is 0 Å². The van der Waals surface area contributed by atoms with E-state index in [0.717, 1.165) is 11.3 Å². The second-order valence-corrected chi connectivity index (χ2v) is 8.62. The fraction of sp³-hybridized carbons (Fsp3) is 0. The lowest BCUT2D eigenvalue weighted by Crippen LogP contribution is -2.27. The van der Waals surface area contributed by atoms with Gasteiger partial charge in [0.05, 0.1) is 15.6 Å². The molecule has 3 aromatic rings. The summed E-state index contributed by atoms with van der Waals surface area (Å²) in [6.45, 7) is 0. The van der Waals surface area contributed by atoms with E-state index in [0.29, 0.717) is 30.7 Å². The van der Waals surface area contributed by atoms with Crippen LogP contribution in [0.4, 0.5) is 5.69 Å². The van der Waals surface area contributed by atoms with Gasteiger partial charge in [0, 0.05) is 5.02 Å². The highest BCUT2D eigenvalue weighted by Crippen LogP contribution is 2.39. The Kier molecular flexibility index (Phi) is 5.92. The molecule has 3 aromatic carbocycles. The summed E-state index contributed by atoms with van der Waals surface area (Å²) in [5.41, 5.74) is 1.35. The van der Waals surface area contributed by atoms with Gasteiger partial charge >= 0.3 is 0 Å². The molecule has 1 fully saturated rings. The van der Waals surface area contributed by atoms with E-state index in [4.69, 9.17) is 40.2 Å². The predicted molar refractivity (Wildman–Crippen MR) is 125 cm³/mol. The van der Waals surface area contributed by atoms with Gasteiger partial charge in [-0.05, 0) is 54.1 Å². The molecule has 1 heterocycles. The molecule has 0 unspecified atom stereocenters. The molecule has 1 aliphatic rings. The van der Waals surface area contributed by atoms with Crippen molar-refractivity contribution in [1.82, 2.24) is 0 Å². The van der Waals surface area contributed by atoms with Crippen LogP contribution >= 0.6 is 47.2 Å². The molecule has 0 aromatic heterocycles. The standard InChI is InChI=1S/C22H13Cl2NO2S2/c23-15-9-10-19(18(24)13-15)25-21(26)20(29-22(25)28)12-14-5-4-8-17(11-14)27-16-6-2-1-3-7-16/h1-13H/b20-12-. The lowest BCUT2D eigenvalue weighted by Gasteiger charge is -2.16. The summed E-state index contributed by atoms with van der Waals surface area (Å²) in [5.74, 6) is 1.20. The Balaban J connectivity index is 1.60. The largest absolute Gasteiger partial charge is 0.457 e. The number of ether oxygens (including phenoxy) is 1. The average molecular weight is 458 g/mol. The van der Waals surface area contributed by atoms with Crippen molar-refractivity contribution >= 4 is 69.2 Å². The fourth-order valence-electron chi connectivity index (χ4n) is 2.78. The van der Waals surface area contributed by atoms with Crippen LogP contribution in [-0.2, 0) is 4.79 Å². The number of thioether (sulfide) groups is 1. The third-order valence-corrected chi connectivity index (χ3v) is 5.92. The Morgan fingerprint density at radius 3 is 2.45 bits per heavy atom. The molecule has 4 rings (SSSR count). The Bertz CT molecular complexity index is 1130. The summed E-state index contributed by atoms with van der Waals surface area (Å²) in [6, 6.07) is 22.0. The predicted octanol–water partition coefficient (Wildman–Crippen LogP) is 7.19. The third kappa shape index (κ3) is 4.49. The lowest BCUT2D eigenvalue weighted by atomic mass is 10.2. The number of carbonyl (C=O) groups excluding carboxylic acids is 1. The number of thiocarbonyl (C=S) groups is 1. The Labute approximate surface area is 187 Å². The summed E-state index contributed by atoms with van der Waals surface area (Å²) < 4.78 is 6.28. The molecule has 3 nitrogen and oxygen atoms in total. The zero-order valence-electron chi connectivity index (χ0n) is 14.8. The van der Waals surface area contributed by atoms with Gasteiger partial charge in [0.25, 0.3) is 5.91 Å². The minimum atomic E-state index is -0.224. The van der Waals surface area contributed by atoms with E-state index in [1.54, 1.807) is 24.3 Å². The molecule has 0 atom stereocenters. The van der Waals surface area contributed by atoms with Crippen molar-refractivity contribution in [2.24, 2.45) is 0 Å². The molecule has 0 saturated carbocycles. The molecule has 1 saturated heterocycles. The number of benzene rings is 3. The maximum Gasteiger partial charge on any atom is 0.270 e. The summed E-state index contributed by atoms with van der Waals surface area (Å²) in [4.78, 5) is 14.9. The molecule has 144 valence electrons. The summed E-state index contributed by atoms with van der Waals surface area (Å²) in [5, 5.41) is 0.864. The first-order valence-electron chi connectivity index (χ1n) is 8.57. The van der Waals surface area contributed by atoms with Crippen LogP contribution in [0, 0.1) is 0 Å². The third-order valence-electron chi connectivity index (χ3n) is 4.08. The first-order chi connectivity index (χ1) is 14.0. The van der Waals surface area contributed by atoms with Gasteiger partial charge in [-0.3, -0.25) is 9.69 Å². The molecular weight excluding hydrogens is 445 g/mol. The number of amides is 1. The number of nitrogens with zero attached hydrogens (tertiary/aromatic N) is 1. The van der Waals surface area contributed by atoms with Gasteiger partial charge in [-0.1, -0.05) is 77.5 Å². The lowest BCUT2D eigenvalue weighted by molar-refractivity contribution is -0.113. The zero-order chi connectivity index (χ0) is 20.4. The van der Waals surface area contributed by atoms with E-state index in [-0.39, 0.29) is 5.91 Å². The summed E-state index contributed by atoms with van der Waals surface area (Å²) in [6.07, 6.45) is 1.79. The van der Waals surface area contributed by atoms with Gasteiger partial charge in [0.15, 0.2) is 4.32 Å². The molecule has 0 spiro atoms. The molecule has 0 bridgehead atoms. The summed E-state index contributed by atoms with van der Waals surface area (Å²) >= 11 is 18.9. The van der Waals surface area contributed by atoms with Gasteiger partial charge in [-0.25, -0.2) is 0 Å². The topological polar surface area (TPSA) is 29.5 Å². The van der Waals surface area contributed by atoms with Crippen LogP contribution in [0.25, 0.3) is 6.08 Å². The van der Waals surface area contributed by atoms with E-state index in [2.05, 4.69) is 0 Å². The van der Waals surface area contributed by atoms with Gasteiger partial charge in [0.1, 0.15) is 11.5 Å². The second kappa shape index (κ2) is 8.59. The van der Waals surface area contributed by atoms with E-state index < -0.39 is 0 Å². The number of halogens is 2. The van der Waals surface area contributed by atoms with Crippen molar-refractivity contribution < 1.29 is 9.53 Å². The van der Waals surface area contributed by atoms with Crippen molar-refractivity contribution in [3.8, 4) is 11.5 Å². The Morgan fingerprint density at radius 1 is 0.931 bits per heavy atom. The number of carbonyl (C=O) groups is 1. The number of hydrogen-bond acceptors (Lipinski definition) is 4. The molecule has 1 aliphatic heterocycles. The van der Waals surface area contributed by atoms with E-state index in [9.17, 15) is 4.79 Å². The SMILES string of the molecule is O=C1/C(=C/c2cccc(Oc3ccccc3)c2)SC(=S)N1c1ccc(Cl)cc1Cl. The highest BCUT2D eigenvalue weighted by molar-refractivity contribution is 8.27. The number of anilines is 1. The molecule has 0 radical (unpaired) electrons. The first-order valence-corrected chi connectivity index (χ1v) is 10.6. The maximum absolute atomic E-state index is 13.0. The second-order valence-electron chi connectivity index (χ2n) is 6.10. The number of para-hydroxylation sites is 1. The van der Waals surface area contributed by atoms with Gasteiger partial charge < -0.3 is 4.74 Å². The van der Waals surface area contributed by atoms with Crippen molar-refractivity contribution in [1.29, 1.82) is 0 Å². The molecule has 0 aliphatic carbocycles. The minimum absolute atomic E-state index is 0.224. The van der Waals surface area contributed by atoms with Crippen molar-refractivity contribution in [2.75, 3.05) is 4.90 Å². The van der Waals surface area contributed by atoms with Crippen LogP contribution in [0.5, 0.6) is 11.5 Å². The van der Waals surface area contributed by atoms with Crippen LogP contribution in [0.3, 0.4) is 0 Å². The van der Waals surface area contributed by atoms with Crippen LogP contribution in [-0.4, -0.2) is 10.2 Å². The van der Waals surface area contributed by atoms with Gasteiger partial charge in [-0.2, -0.15) is 0 Å². The highest BCUT2D eigenvalue weighted by Gasteiger charge is 2.34. The monoisotopic (exact) mass is 457 g/mol. The normalized spacial score (nSPS) is 15.2. The summed E-state index contributed by atoms with van der Waals surface area (Å²) in [7, 11) is 0. The zero-order valence-corrected chi connectivity index (χ0v) is 18.0. The highest BCUT2D eigenvalue weighted by atomic mass is 35.5. The van der Waals surface area contributed by atoms with E-state index >= 15 is 0 Å². The minimum Gasteiger partial charge on any atom is -0.457 e. The molecular formula is C22H13Cl2NO2S2. The van der Waals surface area contributed by atoms with E-state index in [1.807, 2.05) is 54.6 Å². The van der Waals surface area contributed by atoms with Gasteiger partial charge in [-0.15, -0.1) is 0 Å². The molecule has 1 amide bonds. The molecule has 0 N–H and O–H groups in total. The fourth-order valence-corrected chi connectivity index (χ4v) is 4.56. The average Bonchev–Trinajstić information content (AvgIpc) is 2.96. The van der Waals surface area contributed by atoms with Crippen LogP contribution < -0.4 is 9.64 Å². The van der Waals surface area contributed by atoms with Crippen LogP contribution in [0.2, 0.25) is 10.0 Å². The Morgan fingerprint density at radius 2 is 1.69 bits per heavy atom. The number of rotatable bonds is 4. The van der Waals surface area contributed by atoms with Crippen molar-refractivity contribution in [3.05, 3.63) is 93.3 Å². The van der Waals surface area contributed by atoms with Crippen LogP contribution in [0.15, 0.2) is 77.7 Å². The van der Waals surface area contributed by atoms with E-state index in [1.165, 1.54) is 16.7 Å². The Hall–Kier alpha value is -2.31. The quantitative estimate of drug-likeness (QED) is 0.306. The number of hydrogen-bond donors (Lipinski definition) is 0. The van der Waals surface area contributed by atoms with Gasteiger partial charge in [0.2, 0.25) is 0 Å². The smallest absolute Gasteiger partial charge is 0.270 e. The first kappa shape index (κ1) is 20.0. The van der Waals surface area contributed by atoms with Crippen molar-refractivity contribution in [3.63, 3.8) is 0 Å². The molecule has 7 heteroatoms. The van der Waals surface area contributed by atoms with Crippen LogP contribution in [0.1, 0.15) is 5.56 Å².